The maximum Gasteiger partial charge on any atom is 0.307 e. The van der Waals surface area contributed by atoms with Gasteiger partial charge in [0.05, 0.1) is 5.92 Å². The fourth-order valence-corrected chi connectivity index (χ4v) is 2.06. The summed E-state index contributed by atoms with van der Waals surface area (Å²) in [6, 6.07) is 3.99. The van der Waals surface area contributed by atoms with Crippen molar-refractivity contribution in [2.45, 2.75) is 34.6 Å². The lowest BCUT2D eigenvalue weighted by Gasteiger charge is -2.18. The van der Waals surface area contributed by atoms with Gasteiger partial charge in [-0.15, -0.1) is 0 Å². The molecule has 19 heavy (non-hydrogen) atoms. The number of carbonyl (C=O) groups is 2. The van der Waals surface area contributed by atoms with Crippen molar-refractivity contribution in [2.24, 2.45) is 11.8 Å². The van der Waals surface area contributed by atoms with Gasteiger partial charge in [0.25, 0.3) is 0 Å². The monoisotopic (exact) mass is 263 g/mol. The molecule has 0 saturated heterocycles. The molecule has 4 nitrogen and oxygen atoms in total. The van der Waals surface area contributed by atoms with Crippen LogP contribution in [0.3, 0.4) is 0 Å². The molecular weight excluding hydrogens is 242 g/mol. The Morgan fingerprint density at radius 2 is 1.53 bits per heavy atom. The number of carbonyl (C=O) groups excluding carboxylic acids is 1. The molecule has 0 spiro atoms. The molecule has 0 saturated carbocycles. The second-order valence-corrected chi connectivity index (χ2v) is 5.18. The number of aryl methyl sites for hydroxylation is 3. The number of carboxylic acids is 1. The van der Waals surface area contributed by atoms with E-state index in [9.17, 15) is 9.59 Å². The van der Waals surface area contributed by atoms with Gasteiger partial charge in [0.2, 0.25) is 5.91 Å². The average molecular weight is 263 g/mol. The molecule has 2 atom stereocenters. The Kier molecular flexibility index (Phi) is 4.70. The Bertz CT molecular complexity index is 485. The summed E-state index contributed by atoms with van der Waals surface area (Å²) in [5, 5.41) is 11.8. The number of anilines is 1. The maximum absolute atomic E-state index is 12.1. The van der Waals surface area contributed by atoms with E-state index in [2.05, 4.69) is 5.32 Å². The molecule has 1 rings (SSSR count). The first kappa shape index (κ1) is 15.2. The van der Waals surface area contributed by atoms with Crippen molar-refractivity contribution in [3.8, 4) is 0 Å². The molecule has 0 aliphatic carbocycles. The van der Waals surface area contributed by atoms with E-state index in [1.54, 1.807) is 13.8 Å². The highest BCUT2D eigenvalue weighted by Crippen LogP contribution is 2.23. The summed E-state index contributed by atoms with van der Waals surface area (Å²) in [4.78, 5) is 23.0. The van der Waals surface area contributed by atoms with Crippen molar-refractivity contribution < 1.29 is 14.7 Å². The molecule has 0 bridgehead atoms. The summed E-state index contributed by atoms with van der Waals surface area (Å²) in [6.45, 7) is 9.04. The topological polar surface area (TPSA) is 66.4 Å². The van der Waals surface area contributed by atoms with Crippen LogP contribution in [0.1, 0.15) is 30.5 Å². The molecule has 1 aromatic carbocycles. The third kappa shape index (κ3) is 3.56. The Morgan fingerprint density at radius 3 is 1.95 bits per heavy atom. The van der Waals surface area contributed by atoms with Gasteiger partial charge in [-0.3, -0.25) is 9.59 Å². The summed E-state index contributed by atoms with van der Waals surface area (Å²) < 4.78 is 0. The summed E-state index contributed by atoms with van der Waals surface area (Å²) in [5.41, 5.74) is 3.89. The van der Waals surface area contributed by atoms with Crippen LogP contribution in [0.5, 0.6) is 0 Å². The smallest absolute Gasteiger partial charge is 0.307 e. The predicted molar refractivity (Wildman–Crippen MR) is 75.2 cm³/mol. The molecular formula is C15H21NO3. The highest BCUT2D eigenvalue weighted by Gasteiger charge is 2.26. The maximum atomic E-state index is 12.1. The van der Waals surface area contributed by atoms with Gasteiger partial charge >= 0.3 is 5.97 Å². The van der Waals surface area contributed by atoms with E-state index in [0.29, 0.717) is 0 Å². The number of carboxylic acid groups (broad SMARTS) is 1. The first-order chi connectivity index (χ1) is 8.73. The summed E-state index contributed by atoms with van der Waals surface area (Å²) in [7, 11) is 0. The molecule has 0 heterocycles. The van der Waals surface area contributed by atoms with Crippen molar-refractivity contribution in [3.05, 3.63) is 28.8 Å². The second kappa shape index (κ2) is 5.87. The van der Waals surface area contributed by atoms with E-state index in [4.69, 9.17) is 5.11 Å². The van der Waals surface area contributed by atoms with Crippen LogP contribution in [0.2, 0.25) is 0 Å². The van der Waals surface area contributed by atoms with Crippen molar-refractivity contribution in [2.75, 3.05) is 5.32 Å². The van der Waals surface area contributed by atoms with Crippen LogP contribution in [-0.2, 0) is 9.59 Å². The van der Waals surface area contributed by atoms with Crippen molar-refractivity contribution >= 4 is 17.6 Å². The molecule has 1 aromatic rings. The van der Waals surface area contributed by atoms with Gasteiger partial charge in [-0.2, -0.15) is 0 Å². The van der Waals surface area contributed by atoms with Crippen molar-refractivity contribution in [3.63, 3.8) is 0 Å². The average Bonchev–Trinajstić information content (AvgIpc) is 2.31. The number of nitrogens with one attached hydrogen (secondary N) is 1. The van der Waals surface area contributed by atoms with E-state index in [1.165, 1.54) is 0 Å². The zero-order valence-electron chi connectivity index (χ0n) is 12.1. The minimum Gasteiger partial charge on any atom is -0.481 e. The summed E-state index contributed by atoms with van der Waals surface area (Å²) >= 11 is 0. The van der Waals surface area contributed by atoms with Gasteiger partial charge in [0.15, 0.2) is 0 Å². The number of aliphatic carboxylic acids is 1. The van der Waals surface area contributed by atoms with Crippen LogP contribution in [0, 0.1) is 32.6 Å². The van der Waals surface area contributed by atoms with Crippen molar-refractivity contribution in [1.29, 1.82) is 0 Å². The molecule has 0 radical (unpaired) electrons. The van der Waals surface area contributed by atoms with Gasteiger partial charge in [0.1, 0.15) is 0 Å². The third-order valence-electron chi connectivity index (χ3n) is 3.48. The minimum absolute atomic E-state index is 0.259. The molecule has 104 valence electrons. The molecule has 2 N–H and O–H groups in total. The quantitative estimate of drug-likeness (QED) is 0.877. The normalized spacial score (nSPS) is 13.7. The number of benzene rings is 1. The van der Waals surface area contributed by atoms with E-state index in [-0.39, 0.29) is 5.91 Å². The van der Waals surface area contributed by atoms with Gasteiger partial charge in [0, 0.05) is 11.6 Å². The highest BCUT2D eigenvalue weighted by atomic mass is 16.4. The molecule has 0 aromatic heterocycles. The van der Waals surface area contributed by atoms with Crippen LogP contribution >= 0.6 is 0 Å². The fraction of sp³-hybridized carbons (Fsp3) is 0.467. The number of hydrogen-bond acceptors (Lipinski definition) is 2. The SMILES string of the molecule is Cc1cc(C)c(NC(=O)C(C)C(C)C(=O)O)c(C)c1. The number of amides is 1. The van der Waals surface area contributed by atoms with Crippen LogP contribution in [0.15, 0.2) is 12.1 Å². The number of hydrogen-bond donors (Lipinski definition) is 2. The predicted octanol–water partition coefficient (Wildman–Crippen LogP) is 2.91. The Morgan fingerprint density at radius 1 is 1.05 bits per heavy atom. The zero-order valence-corrected chi connectivity index (χ0v) is 12.1. The minimum atomic E-state index is -0.958. The lowest BCUT2D eigenvalue weighted by molar-refractivity contribution is -0.145. The molecule has 0 aliphatic rings. The lowest BCUT2D eigenvalue weighted by Crippen LogP contribution is -2.30. The standard InChI is InChI=1S/C15H21NO3/c1-8-6-9(2)13(10(3)7-8)16-14(17)11(4)12(5)15(18)19/h6-7,11-12H,1-5H3,(H,16,17)(H,18,19). The Hall–Kier alpha value is -1.84. The van der Waals surface area contributed by atoms with Gasteiger partial charge in [-0.25, -0.2) is 0 Å². The fourth-order valence-electron chi connectivity index (χ4n) is 2.06. The molecule has 0 fully saturated rings. The highest BCUT2D eigenvalue weighted by molar-refractivity contribution is 5.96. The number of rotatable bonds is 4. The first-order valence-electron chi connectivity index (χ1n) is 6.35. The third-order valence-corrected chi connectivity index (χ3v) is 3.48. The second-order valence-electron chi connectivity index (χ2n) is 5.18. The molecule has 4 heteroatoms. The molecule has 1 amide bonds. The largest absolute Gasteiger partial charge is 0.481 e. The van der Waals surface area contributed by atoms with E-state index < -0.39 is 17.8 Å². The van der Waals surface area contributed by atoms with Gasteiger partial charge < -0.3 is 10.4 Å². The van der Waals surface area contributed by atoms with Gasteiger partial charge in [-0.05, 0) is 31.9 Å². The summed E-state index contributed by atoms with van der Waals surface area (Å²) in [6.07, 6.45) is 0. The van der Waals surface area contributed by atoms with Gasteiger partial charge in [-0.1, -0.05) is 31.5 Å². The van der Waals surface area contributed by atoms with E-state index in [0.717, 1.165) is 22.4 Å². The Balaban J connectivity index is 2.92. The zero-order chi connectivity index (χ0) is 14.7. The molecule has 0 aliphatic heterocycles. The van der Waals surface area contributed by atoms with Crippen LogP contribution < -0.4 is 5.32 Å². The molecule has 2 unspecified atom stereocenters. The lowest BCUT2D eigenvalue weighted by atomic mass is 9.95. The van der Waals surface area contributed by atoms with Crippen LogP contribution in [-0.4, -0.2) is 17.0 Å². The van der Waals surface area contributed by atoms with Crippen LogP contribution in [0.25, 0.3) is 0 Å². The van der Waals surface area contributed by atoms with E-state index >= 15 is 0 Å². The van der Waals surface area contributed by atoms with Crippen molar-refractivity contribution in [1.82, 2.24) is 0 Å². The summed E-state index contributed by atoms with van der Waals surface area (Å²) in [5.74, 6) is -2.49. The first-order valence-corrected chi connectivity index (χ1v) is 6.35. The van der Waals surface area contributed by atoms with Crippen LogP contribution in [0.4, 0.5) is 5.69 Å². The van der Waals surface area contributed by atoms with E-state index in [1.807, 2.05) is 32.9 Å². The Labute approximate surface area is 113 Å².